The molecule has 0 aliphatic carbocycles. The van der Waals surface area contributed by atoms with Gasteiger partial charge in [0, 0.05) is 30.6 Å². The van der Waals surface area contributed by atoms with Crippen LogP contribution in [0, 0.1) is 0 Å². The average Bonchev–Trinajstić information content (AvgIpc) is 2.72. The fourth-order valence-corrected chi connectivity index (χ4v) is 2.38. The molecule has 0 aromatic heterocycles. The number of methoxy groups -OCH3 is 1. The number of benzene rings is 2. The van der Waals surface area contributed by atoms with Crippen LogP contribution in [-0.4, -0.2) is 45.2 Å². The number of anilines is 2. The molecule has 2 rings (SSSR count). The van der Waals surface area contributed by atoms with Crippen LogP contribution >= 0.6 is 0 Å². The van der Waals surface area contributed by atoms with Crippen molar-refractivity contribution in [2.75, 3.05) is 44.0 Å². The summed E-state index contributed by atoms with van der Waals surface area (Å²) < 4.78 is 10.4. The molecular weight excluding hydrogens is 358 g/mol. The van der Waals surface area contributed by atoms with Crippen LogP contribution in [-0.2, 0) is 9.53 Å². The van der Waals surface area contributed by atoms with Crippen molar-refractivity contribution in [1.82, 2.24) is 5.32 Å². The average molecular weight is 385 g/mol. The van der Waals surface area contributed by atoms with Gasteiger partial charge in [-0.05, 0) is 48.9 Å². The predicted octanol–water partition coefficient (Wildman–Crippen LogP) is 2.90. The number of nitrogens with one attached hydrogen (secondary N) is 3. The lowest BCUT2D eigenvalue weighted by atomic mass is 10.2. The Kier molecular flexibility index (Phi) is 8.81. The first-order valence-electron chi connectivity index (χ1n) is 9.26. The molecule has 2 aromatic carbocycles. The third kappa shape index (κ3) is 7.28. The molecule has 7 heteroatoms. The van der Waals surface area contributed by atoms with E-state index in [0.717, 1.165) is 12.2 Å². The Bertz CT molecular complexity index is 763. The lowest BCUT2D eigenvalue weighted by Gasteiger charge is -2.10. The van der Waals surface area contributed by atoms with Gasteiger partial charge in [-0.1, -0.05) is 13.0 Å². The van der Waals surface area contributed by atoms with Gasteiger partial charge in [-0.25, -0.2) is 0 Å². The highest BCUT2D eigenvalue weighted by atomic mass is 16.5. The minimum atomic E-state index is -0.185. The smallest absolute Gasteiger partial charge is 0.251 e. The number of hydrogen-bond acceptors (Lipinski definition) is 5. The number of amides is 2. The van der Waals surface area contributed by atoms with Gasteiger partial charge in [-0.15, -0.1) is 0 Å². The van der Waals surface area contributed by atoms with Gasteiger partial charge in [-0.2, -0.15) is 0 Å². The van der Waals surface area contributed by atoms with E-state index in [1.807, 2.05) is 19.1 Å². The Morgan fingerprint density at radius 2 is 1.79 bits per heavy atom. The molecule has 0 atom stereocenters. The quantitative estimate of drug-likeness (QED) is 0.518. The number of ether oxygens (including phenoxy) is 2. The second kappa shape index (κ2) is 11.6. The summed E-state index contributed by atoms with van der Waals surface area (Å²) in [4.78, 5) is 24.2. The Morgan fingerprint density at radius 1 is 1.00 bits per heavy atom. The molecule has 0 aliphatic rings. The van der Waals surface area contributed by atoms with Crippen LogP contribution in [0.3, 0.4) is 0 Å². The van der Waals surface area contributed by atoms with Gasteiger partial charge in [0.05, 0.1) is 19.8 Å². The molecular formula is C21H27N3O4. The summed E-state index contributed by atoms with van der Waals surface area (Å²) >= 11 is 0. The fourth-order valence-electron chi connectivity index (χ4n) is 2.38. The molecule has 0 unspecified atom stereocenters. The first-order valence-corrected chi connectivity index (χ1v) is 9.26. The van der Waals surface area contributed by atoms with Crippen LogP contribution in [0.4, 0.5) is 11.4 Å². The predicted molar refractivity (Wildman–Crippen MR) is 110 cm³/mol. The number of rotatable bonds is 11. The van der Waals surface area contributed by atoms with Crippen molar-refractivity contribution in [1.29, 1.82) is 0 Å². The normalized spacial score (nSPS) is 10.2. The summed E-state index contributed by atoms with van der Waals surface area (Å²) in [5.41, 5.74) is 1.91. The second-order valence-electron chi connectivity index (χ2n) is 6.10. The van der Waals surface area contributed by atoms with E-state index in [9.17, 15) is 9.59 Å². The first kappa shape index (κ1) is 21.2. The van der Waals surface area contributed by atoms with Crippen molar-refractivity contribution < 1.29 is 19.1 Å². The monoisotopic (exact) mass is 385 g/mol. The molecule has 28 heavy (non-hydrogen) atoms. The maximum absolute atomic E-state index is 12.1. The largest absolute Gasteiger partial charge is 0.494 e. The summed E-state index contributed by atoms with van der Waals surface area (Å²) in [5, 5.41) is 8.60. The van der Waals surface area contributed by atoms with Crippen LogP contribution in [0.25, 0.3) is 0 Å². The molecule has 0 radical (unpaired) electrons. The SMILES string of the molecule is CCCOc1ccc(NC(=O)CNc2cccc(C(=O)NCCOC)c2)cc1. The van der Waals surface area contributed by atoms with Crippen LogP contribution in [0.5, 0.6) is 5.75 Å². The van der Waals surface area contributed by atoms with Gasteiger partial charge in [0.1, 0.15) is 5.75 Å². The van der Waals surface area contributed by atoms with Crippen molar-refractivity contribution in [2.24, 2.45) is 0 Å². The highest BCUT2D eigenvalue weighted by molar-refractivity contribution is 5.96. The third-order valence-corrected chi connectivity index (χ3v) is 3.78. The molecule has 0 aliphatic heterocycles. The van der Waals surface area contributed by atoms with E-state index in [1.54, 1.807) is 43.5 Å². The zero-order valence-electron chi connectivity index (χ0n) is 16.3. The Labute approximate surface area is 165 Å². The van der Waals surface area contributed by atoms with Gasteiger partial charge in [0.25, 0.3) is 5.91 Å². The van der Waals surface area contributed by atoms with E-state index >= 15 is 0 Å². The molecule has 0 spiro atoms. The minimum absolute atomic E-state index is 0.0861. The molecule has 7 nitrogen and oxygen atoms in total. The van der Waals surface area contributed by atoms with E-state index in [1.165, 1.54) is 0 Å². The minimum Gasteiger partial charge on any atom is -0.494 e. The van der Waals surface area contributed by atoms with Gasteiger partial charge in [0.2, 0.25) is 5.91 Å². The molecule has 0 bridgehead atoms. The number of carbonyl (C=O) groups excluding carboxylic acids is 2. The highest BCUT2D eigenvalue weighted by Gasteiger charge is 2.07. The molecule has 2 aromatic rings. The maximum atomic E-state index is 12.1. The molecule has 2 amide bonds. The summed E-state index contributed by atoms with van der Waals surface area (Å²) in [6.45, 7) is 3.69. The van der Waals surface area contributed by atoms with Crippen molar-refractivity contribution in [3.05, 3.63) is 54.1 Å². The van der Waals surface area contributed by atoms with Crippen molar-refractivity contribution in [3.63, 3.8) is 0 Å². The van der Waals surface area contributed by atoms with Gasteiger partial charge in [-0.3, -0.25) is 9.59 Å². The van der Waals surface area contributed by atoms with Crippen molar-refractivity contribution >= 4 is 23.2 Å². The molecule has 0 fully saturated rings. The summed E-state index contributed by atoms with van der Waals surface area (Å²) in [6.07, 6.45) is 0.945. The Balaban J connectivity index is 1.82. The van der Waals surface area contributed by atoms with Gasteiger partial charge >= 0.3 is 0 Å². The molecule has 150 valence electrons. The van der Waals surface area contributed by atoms with E-state index in [0.29, 0.717) is 36.7 Å². The lowest BCUT2D eigenvalue weighted by molar-refractivity contribution is -0.114. The molecule has 0 heterocycles. The van der Waals surface area contributed by atoms with E-state index in [4.69, 9.17) is 9.47 Å². The van der Waals surface area contributed by atoms with E-state index in [-0.39, 0.29) is 18.4 Å². The fraction of sp³-hybridized carbons (Fsp3) is 0.333. The first-order chi connectivity index (χ1) is 13.6. The van der Waals surface area contributed by atoms with Gasteiger partial charge < -0.3 is 25.4 Å². The van der Waals surface area contributed by atoms with Crippen LogP contribution in [0.1, 0.15) is 23.7 Å². The molecule has 0 saturated heterocycles. The summed E-state index contributed by atoms with van der Waals surface area (Å²) in [6, 6.07) is 14.2. The van der Waals surface area contributed by atoms with E-state index in [2.05, 4.69) is 16.0 Å². The summed E-state index contributed by atoms with van der Waals surface area (Å²) in [7, 11) is 1.58. The third-order valence-electron chi connectivity index (χ3n) is 3.78. The topological polar surface area (TPSA) is 88.7 Å². The molecule has 0 saturated carbocycles. The zero-order valence-corrected chi connectivity index (χ0v) is 16.3. The van der Waals surface area contributed by atoms with Crippen LogP contribution in [0.15, 0.2) is 48.5 Å². The van der Waals surface area contributed by atoms with Crippen molar-refractivity contribution in [3.8, 4) is 5.75 Å². The Hall–Kier alpha value is -3.06. The maximum Gasteiger partial charge on any atom is 0.251 e. The highest BCUT2D eigenvalue weighted by Crippen LogP contribution is 2.16. The number of carbonyl (C=O) groups is 2. The van der Waals surface area contributed by atoms with Crippen molar-refractivity contribution in [2.45, 2.75) is 13.3 Å². The van der Waals surface area contributed by atoms with E-state index < -0.39 is 0 Å². The summed E-state index contributed by atoms with van der Waals surface area (Å²) in [5.74, 6) is 0.409. The van der Waals surface area contributed by atoms with Crippen LogP contribution in [0.2, 0.25) is 0 Å². The standard InChI is InChI=1S/C21H27N3O4/c1-3-12-28-19-9-7-17(8-10-19)24-20(25)15-23-18-6-4-5-16(14-18)21(26)22-11-13-27-2/h4-10,14,23H,3,11-13,15H2,1-2H3,(H,22,26)(H,24,25). The molecule has 3 N–H and O–H groups in total. The zero-order chi connectivity index (χ0) is 20.2. The van der Waals surface area contributed by atoms with Crippen LogP contribution < -0.4 is 20.7 Å². The number of hydrogen-bond donors (Lipinski definition) is 3. The Morgan fingerprint density at radius 3 is 2.50 bits per heavy atom. The lowest BCUT2D eigenvalue weighted by Crippen LogP contribution is -2.27. The van der Waals surface area contributed by atoms with Gasteiger partial charge in [0.15, 0.2) is 0 Å². The second-order valence-corrected chi connectivity index (χ2v) is 6.10.